The van der Waals surface area contributed by atoms with E-state index in [0.29, 0.717) is 18.4 Å². The van der Waals surface area contributed by atoms with Gasteiger partial charge in [0.15, 0.2) is 0 Å². The molecule has 2 rings (SSSR count). The van der Waals surface area contributed by atoms with Crippen molar-refractivity contribution >= 4 is 5.91 Å². The molecule has 1 aliphatic heterocycles. The summed E-state index contributed by atoms with van der Waals surface area (Å²) in [6.45, 7) is 3.86. The van der Waals surface area contributed by atoms with Gasteiger partial charge in [0.1, 0.15) is 6.04 Å². The summed E-state index contributed by atoms with van der Waals surface area (Å²) in [6, 6.07) is 2.45. The standard InChI is InChI=1S/C15H25N3O/c1-12-10-17-15(19)14(8-9-16)18(11-12)13-6-4-2-3-5-7-13/h12-14H,2-8,10-11H2,1H3,(H,17,19). The Kier molecular flexibility index (Phi) is 5.21. The first-order chi connectivity index (χ1) is 9.22. The molecule has 106 valence electrons. The Hall–Kier alpha value is -1.08. The number of hydrogen-bond acceptors (Lipinski definition) is 3. The van der Waals surface area contributed by atoms with Crippen LogP contribution in [0.3, 0.4) is 0 Å². The minimum absolute atomic E-state index is 0.0511. The minimum Gasteiger partial charge on any atom is -0.354 e. The Bertz CT molecular complexity index is 342. The van der Waals surface area contributed by atoms with Crippen LogP contribution in [0.5, 0.6) is 0 Å². The van der Waals surface area contributed by atoms with Crippen molar-refractivity contribution < 1.29 is 4.79 Å². The van der Waals surface area contributed by atoms with E-state index in [1.807, 2.05) is 0 Å². The molecule has 1 saturated heterocycles. The molecule has 4 heteroatoms. The summed E-state index contributed by atoms with van der Waals surface area (Å²) in [4.78, 5) is 14.5. The average Bonchev–Trinajstić information content (AvgIpc) is 2.74. The maximum absolute atomic E-state index is 12.2. The van der Waals surface area contributed by atoms with Gasteiger partial charge in [-0.1, -0.05) is 32.6 Å². The van der Waals surface area contributed by atoms with Crippen molar-refractivity contribution in [2.75, 3.05) is 13.1 Å². The Morgan fingerprint density at radius 1 is 1.32 bits per heavy atom. The number of nitriles is 1. The molecule has 4 nitrogen and oxygen atoms in total. The third-order valence-corrected chi connectivity index (χ3v) is 4.43. The van der Waals surface area contributed by atoms with Gasteiger partial charge in [-0.3, -0.25) is 9.69 Å². The first-order valence-corrected chi connectivity index (χ1v) is 7.62. The Balaban J connectivity index is 2.14. The van der Waals surface area contributed by atoms with Crippen LogP contribution in [0, 0.1) is 17.2 Å². The number of amides is 1. The highest BCUT2D eigenvalue weighted by Gasteiger charge is 2.34. The topological polar surface area (TPSA) is 56.1 Å². The van der Waals surface area contributed by atoms with E-state index in [1.54, 1.807) is 0 Å². The number of hydrogen-bond donors (Lipinski definition) is 1. The third-order valence-electron chi connectivity index (χ3n) is 4.43. The van der Waals surface area contributed by atoms with Gasteiger partial charge in [-0.15, -0.1) is 0 Å². The van der Waals surface area contributed by atoms with Crippen molar-refractivity contribution in [3.8, 4) is 6.07 Å². The number of nitrogens with zero attached hydrogens (tertiary/aromatic N) is 2. The third kappa shape index (κ3) is 3.70. The lowest BCUT2D eigenvalue weighted by Gasteiger charge is -2.35. The van der Waals surface area contributed by atoms with Gasteiger partial charge in [0, 0.05) is 19.1 Å². The van der Waals surface area contributed by atoms with E-state index in [2.05, 4.69) is 23.2 Å². The molecule has 0 radical (unpaired) electrons. The Morgan fingerprint density at radius 3 is 2.63 bits per heavy atom. The molecule has 0 aromatic carbocycles. The molecule has 1 N–H and O–H groups in total. The molecule has 0 aromatic rings. The zero-order chi connectivity index (χ0) is 13.7. The lowest BCUT2D eigenvalue weighted by molar-refractivity contribution is -0.126. The summed E-state index contributed by atoms with van der Waals surface area (Å²) in [5.41, 5.74) is 0. The van der Waals surface area contributed by atoms with Crippen LogP contribution in [0.1, 0.15) is 51.9 Å². The second-order valence-electron chi connectivity index (χ2n) is 6.07. The summed E-state index contributed by atoms with van der Waals surface area (Å²) >= 11 is 0. The lowest BCUT2D eigenvalue weighted by atomic mass is 10.0. The van der Waals surface area contributed by atoms with E-state index in [1.165, 1.54) is 38.5 Å². The number of carbonyl (C=O) groups excluding carboxylic acids is 1. The zero-order valence-electron chi connectivity index (χ0n) is 11.9. The van der Waals surface area contributed by atoms with Crippen molar-refractivity contribution in [1.82, 2.24) is 10.2 Å². The zero-order valence-corrected chi connectivity index (χ0v) is 11.9. The summed E-state index contributed by atoms with van der Waals surface area (Å²) in [5.74, 6) is 0.519. The molecule has 1 heterocycles. The second-order valence-corrected chi connectivity index (χ2v) is 6.07. The second kappa shape index (κ2) is 6.91. The van der Waals surface area contributed by atoms with E-state index < -0.39 is 0 Å². The van der Waals surface area contributed by atoms with E-state index in [-0.39, 0.29) is 11.9 Å². The molecular weight excluding hydrogens is 238 g/mol. The predicted molar refractivity (Wildman–Crippen MR) is 74.4 cm³/mol. The molecule has 2 atom stereocenters. The largest absolute Gasteiger partial charge is 0.354 e. The van der Waals surface area contributed by atoms with Gasteiger partial charge in [0.05, 0.1) is 12.5 Å². The van der Waals surface area contributed by atoms with Crippen molar-refractivity contribution in [3.05, 3.63) is 0 Å². The molecule has 1 aliphatic carbocycles. The highest BCUT2D eigenvalue weighted by Crippen LogP contribution is 2.26. The molecule has 19 heavy (non-hydrogen) atoms. The van der Waals surface area contributed by atoms with Crippen molar-refractivity contribution in [2.45, 2.75) is 64.0 Å². The Morgan fingerprint density at radius 2 is 2.00 bits per heavy atom. The number of nitrogens with one attached hydrogen (secondary N) is 1. The molecule has 2 unspecified atom stereocenters. The van der Waals surface area contributed by atoms with Gasteiger partial charge >= 0.3 is 0 Å². The lowest BCUT2D eigenvalue weighted by Crippen LogP contribution is -2.49. The van der Waals surface area contributed by atoms with Crippen molar-refractivity contribution in [2.24, 2.45) is 5.92 Å². The summed E-state index contributed by atoms with van der Waals surface area (Å²) < 4.78 is 0. The predicted octanol–water partition coefficient (Wildman–Crippen LogP) is 2.06. The van der Waals surface area contributed by atoms with Crippen molar-refractivity contribution in [3.63, 3.8) is 0 Å². The van der Waals surface area contributed by atoms with Gasteiger partial charge in [-0.2, -0.15) is 5.26 Å². The van der Waals surface area contributed by atoms with Crippen LogP contribution in [-0.4, -0.2) is 36.0 Å². The van der Waals surface area contributed by atoms with Crippen LogP contribution in [0.25, 0.3) is 0 Å². The van der Waals surface area contributed by atoms with Gasteiger partial charge < -0.3 is 5.32 Å². The Labute approximate surface area is 116 Å². The summed E-state index contributed by atoms with van der Waals surface area (Å²) in [7, 11) is 0. The molecule has 0 bridgehead atoms. The van der Waals surface area contributed by atoms with Gasteiger partial charge in [0.25, 0.3) is 0 Å². The molecule has 1 amide bonds. The van der Waals surface area contributed by atoms with E-state index in [0.717, 1.165) is 13.1 Å². The van der Waals surface area contributed by atoms with Crippen LogP contribution in [0.15, 0.2) is 0 Å². The molecule has 1 saturated carbocycles. The van der Waals surface area contributed by atoms with Crippen LogP contribution < -0.4 is 5.32 Å². The van der Waals surface area contributed by atoms with Crippen LogP contribution in [0.2, 0.25) is 0 Å². The highest BCUT2D eigenvalue weighted by atomic mass is 16.2. The normalized spacial score (nSPS) is 31.1. The fraction of sp³-hybridized carbons (Fsp3) is 0.867. The van der Waals surface area contributed by atoms with E-state index in [9.17, 15) is 4.79 Å². The van der Waals surface area contributed by atoms with Crippen LogP contribution in [0.4, 0.5) is 0 Å². The maximum Gasteiger partial charge on any atom is 0.238 e. The fourth-order valence-corrected chi connectivity index (χ4v) is 3.38. The van der Waals surface area contributed by atoms with Crippen LogP contribution in [-0.2, 0) is 4.79 Å². The van der Waals surface area contributed by atoms with E-state index >= 15 is 0 Å². The minimum atomic E-state index is -0.238. The van der Waals surface area contributed by atoms with Gasteiger partial charge in [-0.05, 0) is 18.8 Å². The number of rotatable bonds is 2. The average molecular weight is 263 g/mol. The van der Waals surface area contributed by atoms with Crippen LogP contribution >= 0.6 is 0 Å². The maximum atomic E-state index is 12.2. The summed E-state index contributed by atoms with van der Waals surface area (Å²) in [6.07, 6.45) is 7.83. The van der Waals surface area contributed by atoms with Gasteiger partial charge in [0.2, 0.25) is 5.91 Å². The van der Waals surface area contributed by atoms with Crippen molar-refractivity contribution in [1.29, 1.82) is 5.26 Å². The van der Waals surface area contributed by atoms with E-state index in [4.69, 9.17) is 5.26 Å². The highest BCUT2D eigenvalue weighted by molar-refractivity contribution is 5.82. The SMILES string of the molecule is CC1CNC(=O)C(CC#N)N(C2CCCCCC2)C1. The smallest absolute Gasteiger partial charge is 0.238 e. The number of carbonyl (C=O) groups is 1. The first-order valence-electron chi connectivity index (χ1n) is 7.62. The van der Waals surface area contributed by atoms with Gasteiger partial charge in [-0.25, -0.2) is 0 Å². The molecular formula is C15H25N3O. The summed E-state index contributed by atoms with van der Waals surface area (Å²) in [5, 5.41) is 12.0. The quantitative estimate of drug-likeness (QED) is 0.776. The fourth-order valence-electron chi connectivity index (χ4n) is 3.38. The molecule has 2 aliphatic rings. The first kappa shape index (κ1) is 14.3. The molecule has 2 fully saturated rings. The monoisotopic (exact) mass is 263 g/mol. The molecule has 0 aromatic heterocycles. The molecule has 0 spiro atoms.